The monoisotopic (exact) mass is 331 g/mol. The van der Waals surface area contributed by atoms with Gasteiger partial charge in [0.25, 0.3) is 5.89 Å². The molecule has 124 valence electrons. The molecule has 24 heavy (non-hydrogen) atoms. The minimum atomic E-state index is -2.64. The van der Waals surface area contributed by atoms with E-state index in [1.54, 1.807) is 24.0 Å². The number of nitrogens with zero attached hydrogens (tertiary/aromatic N) is 5. The number of hydrogen-bond donors (Lipinski definition) is 0. The van der Waals surface area contributed by atoms with Crippen LogP contribution in [0, 0.1) is 0 Å². The predicted molar refractivity (Wildman–Crippen MR) is 80.4 cm³/mol. The lowest BCUT2D eigenvalue weighted by Gasteiger charge is -2.42. The third-order valence-corrected chi connectivity index (χ3v) is 4.32. The van der Waals surface area contributed by atoms with Gasteiger partial charge in [0, 0.05) is 30.0 Å². The molecule has 8 heteroatoms. The maximum atomic E-state index is 13.2. The second kappa shape index (κ2) is 5.19. The van der Waals surface area contributed by atoms with Crippen molar-refractivity contribution in [3.63, 3.8) is 0 Å². The second-order valence-corrected chi connectivity index (χ2v) is 6.45. The predicted octanol–water partition coefficient (Wildman–Crippen LogP) is 3.06. The normalized spacial score (nSPS) is 18.3. The molecular formula is C16H15F2N5O. The van der Waals surface area contributed by atoms with Crippen LogP contribution in [0.1, 0.15) is 31.2 Å². The van der Waals surface area contributed by atoms with Crippen LogP contribution in [0.2, 0.25) is 0 Å². The molecule has 1 saturated carbocycles. The van der Waals surface area contributed by atoms with Crippen molar-refractivity contribution < 1.29 is 13.3 Å². The van der Waals surface area contributed by atoms with Crippen molar-refractivity contribution in [2.45, 2.75) is 37.6 Å². The number of alkyl halides is 2. The smallest absolute Gasteiger partial charge is 0.258 e. The van der Waals surface area contributed by atoms with Gasteiger partial charge in [0.2, 0.25) is 5.92 Å². The summed E-state index contributed by atoms with van der Waals surface area (Å²) in [6.45, 7) is 2.24. The van der Waals surface area contributed by atoms with Crippen molar-refractivity contribution >= 4 is 0 Å². The Bertz CT molecular complexity index is 851. The SMILES string of the molecule is CC1(c2noc(-c3ccccc3Cn3ccnn3)n2)CC(F)(F)C1. The van der Waals surface area contributed by atoms with Crippen molar-refractivity contribution in [1.82, 2.24) is 25.1 Å². The molecule has 0 saturated heterocycles. The molecule has 0 N–H and O–H groups in total. The van der Waals surface area contributed by atoms with Gasteiger partial charge in [-0.1, -0.05) is 35.5 Å². The first-order valence-electron chi connectivity index (χ1n) is 7.60. The van der Waals surface area contributed by atoms with Crippen molar-refractivity contribution in [3.05, 3.63) is 48.0 Å². The minimum Gasteiger partial charge on any atom is -0.334 e. The Labute approximate surface area is 136 Å². The third-order valence-electron chi connectivity index (χ3n) is 4.32. The third kappa shape index (κ3) is 2.57. The van der Waals surface area contributed by atoms with Crippen LogP contribution in [0.4, 0.5) is 8.78 Å². The van der Waals surface area contributed by atoms with E-state index in [1.807, 2.05) is 24.3 Å². The highest BCUT2D eigenvalue weighted by Crippen LogP contribution is 2.52. The molecule has 0 unspecified atom stereocenters. The van der Waals surface area contributed by atoms with Crippen LogP contribution in [0.25, 0.3) is 11.5 Å². The van der Waals surface area contributed by atoms with Crippen molar-refractivity contribution in [3.8, 4) is 11.5 Å². The first kappa shape index (κ1) is 14.9. The van der Waals surface area contributed by atoms with Crippen LogP contribution < -0.4 is 0 Å². The van der Waals surface area contributed by atoms with Crippen molar-refractivity contribution in [2.24, 2.45) is 0 Å². The van der Waals surface area contributed by atoms with Gasteiger partial charge in [-0.25, -0.2) is 13.5 Å². The highest BCUT2D eigenvalue weighted by atomic mass is 19.3. The van der Waals surface area contributed by atoms with E-state index in [0.29, 0.717) is 18.3 Å². The zero-order chi connectivity index (χ0) is 16.8. The van der Waals surface area contributed by atoms with E-state index >= 15 is 0 Å². The van der Waals surface area contributed by atoms with Crippen LogP contribution in [-0.2, 0) is 12.0 Å². The molecule has 2 aromatic heterocycles. The highest BCUT2D eigenvalue weighted by molar-refractivity contribution is 5.58. The zero-order valence-corrected chi connectivity index (χ0v) is 13.0. The van der Waals surface area contributed by atoms with Gasteiger partial charge >= 0.3 is 0 Å². The Balaban J connectivity index is 1.63. The molecule has 2 heterocycles. The Morgan fingerprint density at radius 1 is 1.25 bits per heavy atom. The quantitative estimate of drug-likeness (QED) is 0.735. The Hall–Kier alpha value is -2.64. The van der Waals surface area contributed by atoms with Gasteiger partial charge in [-0.05, 0) is 11.6 Å². The second-order valence-electron chi connectivity index (χ2n) is 6.45. The number of hydrogen-bond acceptors (Lipinski definition) is 5. The molecule has 0 atom stereocenters. The lowest BCUT2D eigenvalue weighted by Crippen LogP contribution is -2.47. The fraction of sp³-hybridized carbons (Fsp3) is 0.375. The molecular weight excluding hydrogens is 316 g/mol. The van der Waals surface area contributed by atoms with Crippen molar-refractivity contribution in [1.29, 1.82) is 0 Å². The summed E-state index contributed by atoms with van der Waals surface area (Å²) >= 11 is 0. The molecule has 1 aliphatic carbocycles. The number of rotatable bonds is 4. The van der Waals surface area contributed by atoms with E-state index < -0.39 is 11.3 Å². The molecule has 0 aliphatic heterocycles. The van der Waals surface area contributed by atoms with Gasteiger partial charge in [-0.2, -0.15) is 4.98 Å². The van der Waals surface area contributed by atoms with Gasteiger partial charge in [-0.15, -0.1) is 5.10 Å². The molecule has 1 aromatic carbocycles. The average Bonchev–Trinajstić information content (AvgIpc) is 3.17. The fourth-order valence-electron chi connectivity index (χ4n) is 3.18. The van der Waals surface area contributed by atoms with E-state index in [0.717, 1.165) is 11.1 Å². The van der Waals surface area contributed by atoms with Crippen LogP contribution in [-0.4, -0.2) is 31.1 Å². The first-order chi connectivity index (χ1) is 11.5. The molecule has 0 radical (unpaired) electrons. The Morgan fingerprint density at radius 2 is 2.04 bits per heavy atom. The van der Waals surface area contributed by atoms with Crippen LogP contribution in [0.15, 0.2) is 41.2 Å². The molecule has 1 aliphatic rings. The van der Waals surface area contributed by atoms with E-state index in [-0.39, 0.29) is 12.8 Å². The van der Waals surface area contributed by atoms with Crippen LogP contribution in [0.3, 0.4) is 0 Å². The molecule has 4 rings (SSSR count). The average molecular weight is 331 g/mol. The topological polar surface area (TPSA) is 69.6 Å². The minimum absolute atomic E-state index is 0.250. The van der Waals surface area contributed by atoms with Crippen LogP contribution >= 0.6 is 0 Å². The molecule has 0 spiro atoms. The lowest BCUT2D eigenvalue weighted by molar-refractivity contribution is -0.123. The Kier molecular flexibility index (Phi) is 3.22. The van der Waals surface area contributed by atoms with Crippen LogP contribution in [0.5, 0.6) is 0 Å². The zero-order valence-electron chi connectivity index (χ0n) is 13.0. The summed E-state index contributed by atoms with van der Waals surface area (Å²) < 4.78 is 33.5. The molecule has 6 nitrogen and oxygen atoms in total. The standard InChI is InChI=1S/C16H15F2N5O/c1-15(9-16(17,18)10-15)14-20-13(24-21-14)12-5-3-2-4-11(12)8-23-7-6-19-22-23/h2-7H,8-10H2,1H3. The van der Waals surface area contributed by atoms with Gasteiger partial charge in [0.1, 0.15) is 0 Å². The fourth-order valence-corrected chi connectivity index (χ4v) is 3.18. The van der Waals surface area contributed by atoms with Gasteiger partial charge < -0.3 is 4.52 Å². The number of benzene rings is 1. The van der Waals surface area contributed by atoms with E-state index in [9.17, 15) is 8.78 Å². The van der Waals surface area contributed by atoms with Gasteiger partial charge in [0.15, 0.2) is 5.82 Å². The molecule has 1 fully saturated rings. The summed E-state index contributed by atoms with van der Waals surface area (Å²) in [7, 11) is 0. The van der Waals surface area contributed by atoms with Gasteiger partial charge in [0.05, 0.1) is 12.7 Å². The largest absolute Gasteiger partial charge is 0.334 e. The summed E-state index contributed by atoms with van der Waals surface area (Å²) in [5.74, 6) is -1.98. The molecule has 0 amide bonds. The maximum Gasteiger partial charge on any atom is 0.258 e. The lowest BCUT2D eigenvalue weighted by atomic mass is 9.67. The summed E-state index contributed by atoms with van der Waals surface area (Å²) in [5, 5.41) is 11.7. The van der Waals surface area contributed by atoms with Gasteiger partial charge in [-0.3, -0.25) is 0 Å². The van der Waals surface area contributed by atoms with Crippen molar-refractivity contribution in [2.75, 3.05) is 0 Å². The number of aromatic nitrogens is 5. The summed E-state index contributed by atoms with van der Waals surface area (Å²) in [6.07, 6.45) is 2.86. The summed E-state index contributed by atoms with van der Waals surface area (Å²) in [4.78, 5) is 4.37. The maximum absolute atomic E-state index is 13.2. The highest BCUT2D eigenvalue weighted by Gasteiger charge is 2.56. The molecule has 3 aromatic rings. The first-order valence-corrected chi connectivity index (χ1v) is 7.60. The summed E-state index contributed by atoms with van der Waals surface area (Å²) in [5.41, 5.74) is 0.968. The molecule has 0 bridgehead atoms. The van der Waals surface area contributed by atoms with E-state index in [1.165, 1.54) is 0 Å². The summed E-state index contributed by atoms with van der Waals surface area (Å²) in [6, 6.07) is 7.56. The number of halogens is 2. The van der Waals surface area contributed by atoms with E-state index in [4.69, 9.17) is 4.52 Å². The van der Waals surface area contributed by atoms with E-state index in [2.05, 4.69) is 20.5 Å². The Morgan fingerprint density at radius 3 is 2.75 bits per heavy atom.